The molecule has 1 atom stereocenters. The van der Waals surface area contributed by atoms with E-state index in [1.165, 1.54) is 0 Å². The second-order valence-electron chi connectivity index (χ2n) is 6.72. The van der Waals surface area contributed by atoms with Crippen molar-refractivity contribution in [1.29, 1.82) is 0 Å². The molecule has 2 rings (SSSR count). The third-order valence-electron chi connectivity index (χ3n) is 4.17. The molecule has 0 aromatic carbocycles. The predicted molar refractivity (Wildman–Crippen MR) is 70.9 cm³/mol. The molecule has 2 heterocycles. The van der Waals surface area contributed by atoms with Gasteiger partial charge in [0, 0.05) is 38.8 Å². The van der Waals surface area contributed by atoms with Crippen molar-refractivity contribution in [3.05, 3.63) is 0 Å². The number of aliphatic hydroxyl groups is 1. The number of rotatable bonds is 1. The number of hydrogen-bond donors (Lipinski definition) is 1. The Labute approximate surface area is 114 Å². The topological polar surface area (TPSA) is 59.0 Å². The highest BCUT2D eigenvalue weighted by atomic mass is 16.6. The Kier molecular flexibility index (Phi) is 4.06. The van der Waals surface area contributed by atoms with Gasteiger partial charge in [-0.1, -0.05) is 0 Å². The van der Waals surface area contributed by atoms with Crippen molar-refractivity contribution < 1.29 is 19.4 Å². The van der Waals surface area contributed by atoms with Crippen molar-refractivity contribution in [3.8, 4) is 0 Å². The lowest BCUT2D eigenvalue weighted by atomic mass is 9.72. The van der Waals surface area contributed by atoms with Crippen LogP contribution in [0.5, 0.6) is 0 Å². The Bertz CT molecular complexity index is 331. The number of ether oxygens (including phenoxy) is 2. The SMILES string of the molecule is CC(C)(C)OC(=O)N1C[C@@H](CO)C2(CCOCC2)C1. The highest BCUT2D eigenvalue weighted by Crippen LogP contribution is 2.44. The molecule has 2 saturated heterocycles. The van der Waals surface area contributed by atoms with Gasteiger partial charge in [-0.2, -0.15) is 0 Å². The first-order valence-electron chi connectivity index (χ1n) is 7.03. The molecule has 0 bridgehead atoms. The van der Waals surface area contributed by atoms with Gasteiger partial charge < -0.3 is 19.5 Å². The largest absolute Gasteiger partial charge is 0.444 e. The monoisotopic (exact) mass is 271 g/mol. The van der Waals surface area contributed by atoms with Crippen molar-refractivity contribution in [2.45, 2.75) is 39.2 Å². The summed E-state index contributed by atoms with van der Waals surface area (Å²) in [7, 11) is 0. The third kappa shape index (κ3) is 3.20. The highest BCUT2D eigenvalue weighted by Gasteiger charge is 2.48. The number of carbonyl (C=O) groups is 1. The van der Waals surface area contributed by atoms with Gasteiger partial charge in [-0.05, 0) is 39.0 Å². The number of hydrogen-bond acceptors (Lipinski definition) is 4. The minimum absolute atomic E-state index is 0.0178. The standard InChI is InChI=1S/C14H25NO4/c1-13(2,3)19-12(17)15-8-11(9-16)14(10-15)4-6-18-7-5-14/h11,16H,4-10H2,1-3H3/t11-/m0/s1. The number of nitrogens with zero attached hydrogens (tertiary/aromatic N) is 1. The maximum Gasteiger partial charge on any atom is 0.410 e. The van der Waals surface area contributed by atoms with Crippen LogP contribution in [-0.4, -0.2) is 54.6 Å². The van der Waals surface area contributed by atoms with Gasteiger partial charge in [-0.15, -0.1) is 0 Å². The summed E-state index contributed by atoms with van der Waals surface area (Å²) in [4.78, 5) is 13.9. The number of amides is 1. The number of aliphatic hydroxyl groups excluding tert-OH is 1. The smallest absolute Gasteiger partial charge is 0.410 e. The minimum atomic E-state index is -0.475. The van der Waals surface area contributed by atoms with E-state index >= 15 is 0 Å². The molecule has 0 unspecified atom stereocenters. The molecule has 0 aliphatic carbocycles. The average Bonchev–Trinajstić information content (AvgIpc) is 2.67. The van der Waals surface area contributed by atoms with Gasteiger partial charge in [0.05, 0.1) is 0 Å². The molecule has 0 radical (unpaired) electrons. The van der Waals surface area contributed by atoms with Gasteiger partial charge in [-0.3, -0.25) is 0 Å². The first-order chi connectivity index (χ1) is 8.86. The van der Waals surface area contributed by atoms with E-state index in [9.17, 15) is 9.90 Å². The Morgan fingerprint density at radius 1 is 1.42 bits per heavy atom. The summed E-state index contributed by atoms with van der Waals surface area (Å²) < 4.78 is 10.8. The van der Waals surface area contributed by atoms with Crippen LogP contribution in [0.3, 0.4) is 0 Å². The fourth-order valence-corrected chi connectivity index (χ4v) is 3.09. The second kappa shape index (κ2) is 5.29. The molecular formula is C14H25NO4. The quantitative estimate of drug-likeness (QED) is 0.787. The molecule has 2 aliphatic rings. The van der Waals surface area contributed by atoms with Crippen molar-refractivity contribution in [2.24, 2.45) is 11.3 Å². The van der Waals surface area contributed by atoms with Crippen LogP contribution >= 0.6 is 0 Å². The molecule has 2 aliphatic heterocycles. The van der Waals surface area contributed by atoms with Crippen LogP contribution in [0.15, 0.2) is 0 Å². The zero-order valence-corrected chi connectivity index (χ0v) is 12.1. The van der Waals surface area contributed by atoms with Gasteiger partial charge in [-0.25, -0.2) is 4.79 Å². The van der Waals surface area contributed by atoms with Crippen molar-refractivity contribution in [3.63, 3.8) is 0 Å². The first kappa shape index (κ1) is 14.6. The molecule has 1 amide bonds. The molecule has 0 aromatic rings. The average molecular weight is 271 g/mol. The van der Waals surface area contributed by atoms with Crippen LogP contribution in [0, 0.1) is 11.3 Å². The predicted octanol–water partition coefficient (Wildman–Crippen LogP) is 1.64. The molecule has 5 heteroatoms. The molecule has 1 N–H and O–H groups in total. The van der Waals surface area contributed by atoms with E-state index < -0.39 is 5.60 Å². The van der Waals surface area contributed by atoms with Gasteiger partial charge in [0.2, 0.25) is 0 Å². The lowest BCUT2D eigenvalue weighted by Crippen LogP contribution is -2.39. The Hall–Kier alpha value is -0.810. The molecule has 5 nitrogen and oxygen atoms in total. The summed E-state index contributed by atoms with van der Waals surface area (Å²) in [5.41, 5.74) is -0.457. The van der Waals surface area contributed by atoms with Gasteiger partial charge in [0.15, 0.2) is 0 Å². The molecule has 110 valence electrons. The highest BCUT2D eigenvalue weighted by molar-refractivity contribution is 5.68. The summed E-state index contributed by atoms with van der Waals surface area (Å²) in [5, 5.41) is 9.60. The van der Waals surface area contributed by atoms with Gasteiger partial charge >= 0.3 is 6.09 Å². The molecule has 0 saturated carbocycles. The van der Waals surface area contributed by atoms with E-state index in [0.717, 1.165) is 26.1 Å². The van der Waals surface area contributed by atoms with Crippen LogP contribution in [0.1, 0.15) is 33.6 Å². The first-order valence-corrected chi connectivity index (χ1v) is 7.03. The van der Waals surface area contributed by atoms with Crippen LogP contribution in [-0.2, 0) is 9.47 Å². The summed E-state index contributed by atoms with van der Waals surface area (Å²) in [6, 6.07) is 0. The van der Waals surface area contributed by atoms with Crippen molar-refractivity contribution >= 4 is 6.09 Å². The van der Waals surface area contributed by atoms with Gasteiger partial charge in [0.25, 0.3) is 0 Å². The Morgan fingerprint density at radius 2 is 2.05 bits per heavy atom. The molecule has 1 spiro atoms. The van der Waals surface area contributed by atoms with Crippen LogP contribution < -0.4 is 0 Å². The van der Waals surface area contributed by atoms with E-state index in [2.05, 4.69) is 0 Å². The van der Waals surface area contributed by atoms with Crippen LogP contribution in [0.4, 0.5) is 4.79 Å². The number of likely N-dealkylation sites (tertiary alicyclic amines) is 1. The number of carbonyl (C=O) groups excluding carboxylic acids is 1. The van der Waals surface area contributed by atoms with E-state index in [1.807, 2.05) is 20.8 Å². The zero-order valence-electron chi connectivity index (χ0n) is 12.1. The van der Waals surface area contributed by atoms with Gasteiger partial charge in [0.1, 0.15) is 5.60 Å². The zero-order chi connectivity index (χ0) is 14.1. The normalized spacial score (nSPS) is 26.7. The fraction of sp³-hybridized carbons (Fsp3) is 0.929. The minimum Gasteiger partial charge on any atom is -0.444 e. The fourth-order valence-electron chi connectivity index (χ4n) is 3.09. The maximum absolute atomic E-state index is 12.1. The molecular weight excluding hydrogens is 246 g/mol. The molecule has 19 heavy (non-hydrogen) atoms. The van der Waals surface area contributed by atoms with Crippen molar-refractivity contribution in [1.82, 2.24) is 4.90 Å². The summed E-state index contributed by atoms with van der Waals surface area (Å²) in [6.45, 7) is 8.44. The van der Waals surface area contributed by atoms with E-state index in [-0.39, 0.29) is 24.0 Å². The van der Waals surface area contributed by atoms with Crippen molar-refractivity contribution in [2.75, 3.05) is 32.9 Å². The Morgan fingerprint density at radius 3 is 2.58 bits per heavy atom. The van der Waals surface area contributed by atoms with Crippen LogP contribution in [0.2, 0.25) is 0 Å². The molecule has 0 aromatic heterocycles. The van der Waals surface area contributed by atoms with E-state index in [4.69, 9.17) is 9.47 Å². The maximum atomic E-state index is 12.1. The van der Waals surface area contributed by atoms with E-state index in [0.29, 0.717) is 13.1 Å². The van der Waals surface area contributed by atoms with Crippen LogP contribution in [0.25, 0.3) is 0 Å². The summed E-state index contributed by atoms with van der Waals surface area (Å²) >= 11 is 0. The Balaban J connectivity index is 2.04. The summed E-state index contributed by atoms with van der Waals surface area (Å²) in [5.74, 6) is 0.143. The molecule has 2 fully saturated rings. The summed E-state index contributed by atoms with van der Waals surface area (Å²) in [6.07, 6.45) is 1.56. The lowest BCUT2D eigenvalue weighted by Gasteiger charge is -2.37. The lowest BCUT2D eigenvalue weighted by molar-refractivity contribution is -0.0135. The third-order valence-corrected chi connectivity index (χ3v) is 4.17. The second-order valence-corrected chi connectivity index (χ2v) is 6.72. The van der Waals surface area contributed by atoms with E-state index in [1.54, 1.807) is 4.90 Å².